The van der Waals surface area contributed by atoms with E-state index >= 15 is 0 Å². The molecule has 0 bridgehead atoms. The Morgan fingerprint density at radius 2 is 1.91 bits per heavy atom. The molecule has 1 aromatic carbocycles. The van der Waals surface area contributed by atoms with Crippen LogP contribution in [-0.4, -0.2) is 31.0 Å². The second kappa shape index (κ2) is 6.28. The van der Waals surface area contributed by atoms with Crippen LogP contribution in [0.5, 0.6) is 0 Å². The molecule has 3 rings (SSSR count). The number of aromatic amines is 1. The monoisotopic (exact) mass is 326 g/mol. The average molecular weight is 326 g/mol. The maximum absolute atomic E-state index is 10.6. The van der Waals surface area contributed by atoms with E-state index in [1.807, 2.05) is 0 Å². The second-order valence-electron chi connectivity index (χ2n) is 4.49. The molecule has 0 saturated heterocycles. The number of aromatic nitrogens is 4. The lowest BCUT2D eigenvalue weighted by Gasteiger charge is -2.00. The highest BCUT2D eigenvalue weighted by Gasteiger charge is 2.07. The molecule has 2 aromatic heterocycles. The number of nitrogens with zero attached hydrogens (tertiary/aromatic N) is 5. The minimum Gasteiger partial charge on any atom is -0.265 e. The third-order valence-electron chi connectivity index (χ3n) is 3.02. The number of pyridine rings is 1. The molecule has 9 heteroatoms. The fourth-order valence-electron chi connectivity index (χ4n) is 1.89. The molecule has 8 nitrogen and oxygen atoms in total. The molecule has 114 valence electrons. The van der Waals surface area contributed by atoms with Gasteiger partial charge in [-0.1, -0.05) is 0 Å². The van der Waals surface area contributed by atoms with Crippen LogP contribution in [0.2, 0.25) is 0 Å². The summed E-state index contributed by atoms with van der Waals surface area (Å²) in [6, 6.07) is 9.64. The molecule has 1 N–H and O–H groups in total. The number of nitro groups is 1. The largest absolute Gasteiger partial charge is 0.269 e. The summed E-state index contributed by atoms with van der Waals surface area (Å²) in [6.45, 7) is 0. The molecule has 0 aliphatic heterocycles. The Bertz CT molecular complexity index is 914. The average Bonchev–Trinajstić information content (AvgIpc) is 2.95. The summed E-state index contributed by atoms with van der Waals surface area (Å²) in [5.41, 5.74) is 1.55. The number of H-pyrrole nitrogens is 1. The number of nitro benzene ring substituents is 1. The Hall–Kier alpha value is -3.20. The number of benzene rings is 1. The van der Waals surface area contributed by atoms with E-state index in [0.717, 1.165) is 5.56 Å². The van der Waals surface area contributed by atoms with E-state index in [4.69, 9.17) is 12.2 Å². The lowest BCUT2D eigenvalue weighted by molar-refractivity contribution is -0.384. The van der Waals surface area contributed by atoms with Gasteiger partial charge in [0.25, 0.3) is 5.69 Å². The lowest BCUT2D eigenvalue weighted by Crippen LogP contribution is -1.95. The van der Waals surface area contributed by atoms with E-state index in [9.17, 15) is 10.1 Å². The SMILES string of the molecule is O=[N+]([O-])c1ccc(/C=N/n2c(-c3ccncc3)n[nH]c2=S)cc1. The van der Waals surface area contributed by atoms with Crippen molar-refractivity contribution in [2.24, 2.45) is 5.10 Å². The first-order valence-corrected chi connectivity index (χ1v) is 6.92. The van der Waals surface area contributed by atoms with Gasteiger partial charge < -0.3 is 0 Å². The van der Waals surface area contributed by atoms with Crippen molar-refractivity contribution in [2.75, 3.05) is 0 Å². The molecule has 3 aromatic rings. The number of hydrogen-bond acceptors (Lipinski definition) is 6. The van der Waals surface area contributed by atoms with Gasteiger partial charge in [0.2, 0.25) is 4.77 Å². The molecule has 0 atom stereocenters. The zero-order valence-corrected chi connectivity index (χ0v) is 12.5. The molecular weight excluding hydrogens is 316 g/mol. The number of hydrogen-bond donors (Lipinski definition) is 1. The normalized spacial score (nSPS) is 11.0. The van der Waals surface area contributed by atoms with Gasteiger partial charge in [-0.25, -0.2) is 5.10 Å². The predicted molar refractivity (Wildman–Crippen MR) is 86.7 cm³/mol. The standard InChI is InChI=1S/C14H10N6O2S/c21-20(22)12-3-1-10(2-4-12)9-16-19-13(17-18-14(19)23)11-5-7-15-8-6-11/h1-9H,(H,18,23)/b16-9+. The molecule has 2 heterocycles. The molecule has 0 saturated carbocycles. The van der Waals surface area contributed by atoms with Gasteiger partial charge in [0.05, 0.1) is 11.1 Å². The first-order chi connectivity index (χ1) is 11.1. The maximum atomic E-state index is 10.6. The van der Waals surface area contributed by atoms with Crippen LogP contribution in [0.1, 0.15) is 5.56 Å². The van der Waals surface area contributed by atoms with Crippen LogP contribution in [0, 0.1) is 14.9 Å². The maximum Gasteiger partial charge on any atom is 0.269 e. The van der Waals surface area contributed by atoms with Crippen LogP contribution in [0.4, 0.5) is 5.69 Å². The van der Waals surface area contributed by atoms with E-state index in [1.165, 1.54) is 16.8 Å². The van der Waals surface area contributed by atoms with Gasteiger partial charge in [0.1, 0.15) is 0 Å². The molecule has 0 aliphatic carbocycles. The highest BCUT2D eigenvalue weighted by Crippen LogP contribution is 2.16. The minimum atomic E-state index is -0.450. The number of nitrogens with one attached hydrogen (secondary N) is 1. The Morgan fingerprint density at radius 1 is 1.22 bits per heavy atom. The smallest absolute Gasteiger partial charge is 0.265 e. The van der Waals surface area contributed by atoms with E-state index < -0.39 is 4.92 Å². The van der Waals surface area contributed by atoms with Crippen molar-refractivity contribution in [3.63, 3.8) is 0 Å². The third kappa shape index (κ3) is 3.19. The van der Waals surface area contributed by atoms with Gasteiger partial charge in [-0.2, -0.15) is 14.9 Å². The highest BCUT2D eigenvalue weighted by molar-refractivity contribution is 7.71. The van der Waals surface area contributed by atoms with Gasteiger partial charge in [0.15, 0.2) is 5.82 Å². The van der Waals surface area contributed by atoms with Gasteiger partial charge in [-0.05, 0) is 42.0 Å². The van der Waals surface area contributed by atoms with Gasteiger partial charge >= 0.3 is 0 Å². The first kappa shape index (κ1) is 14.7. The summed E-state index contributed by atoms with van der Waals surface area (Å²) >= 11 is 5.17. The van der Waals surface area contributed by atoms with Crippen LogP contribution >= 0.6 is 12.2 Å². The summed E-state index contributed by atoms with van der Waals surface area (Å²) in [6.07, 6.45) is 4.86. The van der Waals surface area contributed by atoms with Crippen LogP contribution in [0.15, 0.2) is 53.9 Å². The molecule has 0 aliphatic rings. The van der Waals surface area contributed by atoms with Gasteiger partial charge in [-0.3, -0.25) is 15.1 Å². The van der Waals surface area contributed by atoms with Crippen molar-refractivity contribution >= 4 is 24.1 Å². The summed E-state index contributed by atoms with van der Waals surface area (Å²) in [5.74, 6) is 0.551. The zero-order chi connectivity index (χ0) is 16.2. The number of non-ortho nitro benzene ring substituents is 1. The van der Waals surface area contributed by atoms with E-state index in [0.29, 0.717) is 16.2 Å². The van der Waals surface area contributed by atoms with Crippen molar-refractivity contribution < 1.29 is 4.92 Å². The summed E-state index contributed by atoms with van der Waals surface area (Å²) in [4.78, 5) is 14.1. The Balaban J connectivity index is 1.93. The number of rotatable bonds is 4. The molecule has 0 fully saturated rings. The van der Waals surface area contributed by atoms with E-state index in [2.05, 4.69) is 20.3 Å². The molecule has 0 spiro atoms. The van der Waals surface area contributed by atoms with E-state index in [1.54, 1.807) is 42.9 Å². The first-order valence-electron chi connectivity index (χ1n) is 6.52. The zero-order valence-electron chi connectivity index (χ0n) is 11.7. The molecule has 0 amide bonds. The van der Waals surface area contributed by atoms with Crippen LogP contribution in [0.25, 0.3) is 11.4 Å². The van der Waals surface area contributed by atoms with Crippen molar-refractivity contribution in [1.82, 2.24) is 19.9 Å². The Morgan fingerprint density at radius 3 is 2.57 bits per heavy atom. The summed E-state index contributed by atoms with van der Waals surface area (Å²) in [7, 11) is 0. The van der Waals surface area contributed by atoms with Crippen molar-refractivity contribution in [2.45, 2.75) is 0 Å². The van der Waals surface area contributed by atoms with Crippen molar-refractivity contribution in [3.8, 4) is 11.4 Å². The Labute approximate surface area is 135 Å². The predicted octanol–water partition coefficient (Wildman–Crippen LogP) is 2.79. The van der Waals surface area contributed by atoms with Gasteiger partial charge in [0, 0.05) is 30.1 Å². The van der Waals surface area contributed by atoms with Gasteiger partial charge in [-0.15, -0.1) is 0 Å². The highest BCUT2D eigenvalue weighted by atomic mass is 32.1. The van der Waals surface area contributed by atoms with Crippen LogP contribution < -0.4 is 0 Å². The fraction of sp³-hybridized carbons (Fsp3) is 0. The van der Waals surface area contributed by atoms with E-state index in [-0.39, 0.29) is 5.69 Å². The summed E-state index contributed by atoms with van der Waals surface area (Å²) < 4.78 is 1.82. The Kier molecular flexibility index (Phi) is 4.02. The molecule has 0 radical (unpaired) electrons. The molecule has 23 heavy (non-hydrogen) atoms. The quantitative estimate of drug-likeness (QED) is 0.344. The van der Waals surface area contributed by atoms with Crippen molar-refractivity contribution in [3.05, 3.63) is 69.2 Å². The second-order valence-corrected chi connectivity index (χ2v) is 4.88. The van der Waals surface area contributed by atoms with Crippen molar-refractivity contribution in [1.29, 1.82) is 0 Å². The minimum absolute atomic E-state index is 0.0274. The summed E-state index contributed by atoms with van der Waals surface area (Å²) in [5, 5.41) is 21.8. The topological polar surface area (TPSA) is 102 Å². The molecule has 0 unspecified atom stereocenters. The lowest BCUT2D eigenvalue weighted by atomic mass is 10.2. The van der Waals surface area contributed by atoms with Crippen LogP contribution in [-0.2, 0) is 0 Å². The van der Waals surface area contributed by atoms with Crippen LogP contribution in [0.3, 0.4) is 0 Å². The molecular formula is C14H10N6O2S. The third-order valence-corrected chi connectivity index (χ3v) is 3.28. The fourth-order valence-corrected chi connectivity index (χ4v) is 2.07.